The highest BCUT2D eigenvalue weighted by Crippen LogP contribution is 2.33. The van der Waals surface area contributed by atoms with Gasteiger partial charge >= 0.3 is 6.03 Å². The Kier molecular flexibility index (Phi) is 8.95. The van der Waals surface area contributed by atoms with Crippen LogP contribution in [-0.4, -0.2) is 90.0 Å². The summed E-state index contributed by atoms with van der Waals surface area (Å²) >= 11 is 0. The van der Waals surface area contributed by atoms with Crippen molar-refractivity contribution in [1.82, 2.24) is 15.5 Å². The zero-order valence-electron chi connectivity index (χ0n) is 21.9. The summed E-state index contributed by atoms with van der Waals surface area (Å²) in [5.41, 5.74) is 1.94. The second-order valence-electron chi connectivity index (χ2n) is 9.23. The normalized spacial score (nSPS) is 18.0. The van der Waals surface area contributed by atoms with Crippen LogP contribution in [0.4, 0.5) is 16.2 Å². The van der Waals surface area contributed by atoms with Crippen LogP contribution in [0.3, 0.4) is 0 Å². The molecule has 3 amide bonds. The van der Waals surface area contributed by atoms with Crippen LogP contribution in [0.15, 0.2) is 42.5 Å². The number of carbonyl (C=O) groups is 2. The Morgan fingerprint density at radius 3 is 2.30 bits per heavy atom. The average molecular weight is 512 g/mol. The van der Waals surface area contributed by atoms with Gasteiger partial charge in [-0.05, 0) is 49.4 Å². The molecule has 2 aliphatic heterocycles. The first-order valence-electron chi connectivity index (χ1n) is 12.7. The van der Waals surface area contributed by atoms with Crippen molar-refractivity contribution in [3.63, 3.8) is 0 Å². The molecule has 0 bridgehead atoms. The number of urea groups is 1. The molecule has 0 aliphatic carbocycles. The van der Waals surface area contributed by atoms with Crippen LogP contribution in [-0.2, 0) is 4.79 Å². The fourth-order valence-corrected chi connectivity index (χ4v) is 4.81. The summed E-state index contributed by atoms with van der Waals surface area (Å²) in [4.78, 5) is 31.5. The number of nitrogens with one attached hydrogen (secondary N) is 2. The molecule has 2 heterocycles. The Balaban J connectivity index is 1.14. The molecule has 2 aliphatic rings. The molecule has 1 unspecified atom stereocenters. The third-order valence-electron chi connectivity index (χ3n) is 6.89. The Morgan fingerprint density at radius 2 is 1.62 bits per heavy atom. The third kappa shape index (κ3) is 6.76. The SMILES string of the molecule is COc1ccc(N2CCN(CCCNC(=O)NC3CC(=O)N(c4ccc(OC)c(OC)c4)C3)CC2)cc1. The molecule has 10 nitrogen and oxygen atoms in total. The molecule has 2 aromatic carbocycles. The monoisotopic (exact) mass is 511 g/mol. The first kappa shape index (κ1) is 26.4. The lowest BCUT2D eigenvalue weighted by atomic mass is 10.2. The molecular weight excluding hydrogens is 474 g/mol. The van der Waals surface area contributed by atoms with Gasteiger partial charge in [0.15, 0.2) is 11.5 Å². The van der Waals surface area contributed by atoms with E-state index < -0.39 is 0 Å². The lowest BCUT2D eigenvalue weighted by Crippen LogP contribution is -2.47. The van der Waals surface area contributed by atoms with Gasteiger partial charge in [-0.1, -0.05) is 0 Å². The molecular formula is C27H37N5O5. The van der Waals surface area contributed by atoms with Gasteiger partial charge < -0.3 is 34.6 Å². The lowest BCUT2D eigenvalue weighted by Gasteiger charge is -2.36. The Labute approximate surface area is 218 Å². The van der Waals surface area contributed by atoms with Crippen molar-refractivity contribution in [2.24, 2.45) is 0 Å². The summed E-state index contributed by atoms with van der Waals surface area (Å²) < 4.78 is 15.8. The zero-order valence-corrected chi connectivity index (χ0v) is 21.9. The van der Waals surface area contributed by atoms with E-state index in [1.807, 2.05) is 18.2 Å². The first-order chi connectivity index (χ1) is 18.0. The summed E-state index contributed by atoms with van der Waals surface area (Å²) in [6.07, 6.45) is 1.14. The summed E-state index contributed by atoms with van der Waals surface area (Å²) in [6.45, 7) is 5.89. The van der Waals surface area contributed by atoms with Gasteiger partial charge in [-0.15, -0.1) is 0 Å². The fourth-order valence-electron chi connectivity index (χ4n) is 4.81. The fraction of sp³-hybridized carbons (Fsp3) is 0.481. The molecule has 0 saturated carbocycles. The van der Waals surface area contributed by atoms with Gasteiger partial charge in [0, 0.05) is 63.1 Å². The number of hydrogen-bond acceptors (Lipinski definition) is 7. The zero-order chi connectivity index (χ0) is 26.2. The van der Waals surface area contributed by atoms with Crippen LogP contribution in [0.1, 0.15) is 12.8 Å². The Hall–Kier alpha value is -3.66. The van der Waals surface area contributed by atoms with Crippen molar-refractivity contribution in [3.8, 4) is 17.2 Å². The van der Waals surface area contributed by atoms with Gasteiger partial charge in [-0.2, -0.15) is 0 Å². The van der Waals surface area contributed by atoms with Crippen LogP contribution in [0, 0.1) is 0 Å². The Morgan fingerprint density at radius 1 is 0.919 bits per heavy atom. The molecule has 4 rings (SSSR count). The number of methoxy groups -OCH3 is 3. The van der Waals surface area contributed by atoms with E-state index in [1.54, 1.807) is 38.4 Å². The predicted octanol–water partition coefficient (Wildman–Crippen LogP) is 2.33. The number of hydrogen-bond donors (Lipinski definition) is 2. The van der Waals surface area contributed by atoms with Crippen molar-refractivity contribution < 1.29 is 23.8 Å². The average Bonchev–Trinajstić information content (AvgIpc) is 3.30. The lowest BCUT2D eigenvalue weighted by molar-refractivity contribution is -0.117. The smallest absolute Gasteiger partial charge is 0.315 e. The summed E-state index contributed by atoms with van der Waals surface area (Å²) in [7, 11) is 4.81. The predicted molar refractivity (Wildman–Crippen MR) is 143 cm³/mol. The van der Waals surface area contributed by atoms with Gasteiger partial charge in [0.1, 0.15) is 5.75 Å². The van der Waals surface area contributed by atoms with E-state index in [0.717, 1.165) is 50.6 Å². The molecule has 200 valence electrons. The van der Waals surface area contributed by atoms with Gasteiger partial charge in [0.25, 0.3) is 0 Å². The molecule has 2 N–H and O–H groups in total. The maximum absolute atomic E-state index is 12.6. The minimum Gasteiger partial charge on any atom is -0.497 e. The quantitative estimate of drug-likeness (QED) is 0.473. The molecule has 0 aromatic heterocycles. The second kappa shape index (κ2) is 12.5. The van der Waals surface area contributed by atoms with Gasteiger partial charge in [-0.25, -0.2) is 4.79 Å². The highest BCUT2D eigenvalue weighted by atomic mass is 16.5. The first-order valence-corrected chi connectivity index (χ1v) is 12.7. The molecule has 0 radical (unpaired) electrons. The highest BCUT2D eigenvalue weighted by molar-refractivity contribution is 5.97. The molecule has 0 spiro atoms. The molecule has 10 heteroatoms. The number of rotatable bonds is 10. The third-order valence-corrected chi connectivity index (χ3v) is 6.89. The van der Waals surface area contributed by atoms with Gasteiger partial charge in [0.05, 0.1) is 27.4 Å². The van der Waals surface area contributed by atoms with Crippen LogP contribution in [0.2, 0.25) is 0 Å². The number of benzene rings is 2. The number of nitrogens with zero attached hydrogens (tertiary/aromatic N) is 3. The van der Waals surface area contributed by atoms with Crippen molar-refractivity contribution in [1.29, 1.82) is 0 Å². The van der Waals surface area contributed by atoms with Crippen molar-refractivity contribution >= 4 is 23.3 Å². The number of anilines is 2. The van der Waals surface area contributed by atoms with E-state index in [4.69, 9.17) is 14.2 Å². The van der Waals surface area contributed by atoms with Crippen LogP contribution in [0.25, 0.3) is 0 Å². The number of amides is 3. The summed E-state index contributed by atoms with van der Waals surface area (Å²) in [6, 6.07) is 13.1. The van der Waals surface area contributed by atoms with E-state index >= 15 is 0 Å². The number of ether oxygens (including phenoxy) is 3. The largest absolute Gasteiger partial charge is 0.497 e. The van der Waals surface area contributed by atoms with Gasteiger partial charge in [0.2, 0.25) is 5.91 Å². The van der Waals surface area contributed by atoms with E-state index in [1.165, 1.54) is 5.69 Å². The summed E-state index contributed by atoms with van der Waals surface area (Å²) in [5.74, 6) is 2.00. The van der Waals surface area contributed by atoms with E-state index in [9.17, 15) is 9.59 Å². The van der Waals surface area contributed by atoms with E-state index in [0.29, 0.717) is 24.6 Å². The highest BCUT2D eigenvalue weighted by Gasteiger charge is 2.32. The molecule has 2 aromatic rings. The summed E-state index contributed by atoms with van der Waals surface area (Å²) in [5, 5.41) is 5.87. The topological polar surface area (TPSA) is 95.6 Å². The van der Waals surface area contributed by atoms with E-state index in [-0.39, 0.29) is 24.4 Å². The minimum atomic E-state index is -0.244. The minimum absolute atomic E-state index is 0.0358. The number of piperazine rings is 1. The maximum atomic E-state index is 12.6. The Bertz CT molecular complexity index is 1060. The molecule has 2 fully saturated rings. The van der Waals surface area contributed by atoms with Crippen molar-refractivity contribution in [2.75, 3.05) is 76.9 Å². The molecule has 2 saturated heterocycles. The van der Waals surface area contributed by atoms with Crippen molar-refractivity contribution in [3.05, 3.63) is 42.5 Å². The second-order valence-corrected chi connectivity index (χ2v) is 9.23. The molecule has 1 atom stereocenters. The van der Waals surface area contributed by atoms with Crippen LogP contribution >= 0.6 is 0 Å². The van der Waals surface area contributed by atoms with E-state index in [2.05, 4.69) is 32.6 Å². The van der Waals surface area contributed by atoms with Gasteiger partial charge in [-0.3, -0.25) is 9.69 Å². The van der Waals surface area contributed by atoms with Crippen molar-refractivity contribution in [2.45, 2.75) is 18.9 Å². The molecule has 37 heavy (non-hydrogen) atoms. The maximum Gasteiger partial charge on any atom is 0.315 e. The van der Waals surface area contributed by atoms with Crippen LogP contribution < -0.4 is 34.6 Å². The number of carbonyl (C=O) groups excluding carboxylic acids is 2. The van der Waals surface area contributed by atoms with Crippen LogP contribution in [0.5, 0.6) is 17.2 Å². The standard InChI is InChI=1S/C27H37N5O5/c1-35-23-8-5-21(6-9-23)31-15-13-30(14-16-31)12-4-11-28-27(34)29-20-17-26(33)32(19-20)22-7-10-24(36-2)25(18-22)37-3/h5-10,18,20H,4,11-17,19H2,1-3H3,(H2,28,29,34).